The van der Waals surface area contributed by atoms with Crippen LogP contribution < -0.4 is 10.6 Å². The van der Waals surface area contributed by atoms with E-state index in [1.54, 1.807) is 0 Å². The summed E-state index contributed by atoms with van der Waals surface area (Å²) in [7, 11) is 0. The van der Waals surface area contributed by atoms with Gasteiger partial charge < -0.3 is 15.5 Å². The Kier molecular flexibility index (Phi) is 11.1. The molecule has 0 aliphatic carbocycles. The molecule has 0 unspecified atom stereocenters. The van der Waals surface area contributed by atoms with E-state index < -0.39 is 0 Å². The molecule has 138 valence electrons. The highest BCUT2D eigenvalue weighted by Gasteiger charge is 2.24. The number of hydrogen-bond acceptors (Lipinski definition) is 3. The minimum absolute atomic E-state index is 0. The number of nitrogens with zero attached hydrogens (tertiary/aromatic N) is 1. The first-order valence-electron chi connectivity index (χ1n) is 8.43. The number of carbonyl (C=O) groups is 1. The van der Waals surface area contributed by atoms with Crippen molar-refractivity contribution in [3.63, 3.8) is 0 Å². The average Bonchev–Trinajstić information content (AvgIpc) is 2.52. The Bertz CT molecular complexity index is 485. The standard InChI is InChI=1S/C18H29N3O.2ClH/c1-4-12-21(16-8-10-19-11-9-16)17(22)13-20-18-14(2)6-5-7-15(18)3;;/h5-7,16,19-20H,4,8-13H2,1-3H3;2*1H. The van der Waals surface area contributed by atoms with Gasteiger partial charge in [-0.25, -0.2) is 0 Å². The summed E-state index contributed by atoms with van der Waals surface area (Å²) in [5.41, 5.74) is 3.48. The predicted octanol–water partition coefficient (Wildman–Crippen LogP) is 3.55. The van der Waals surface area contributed by atoms with Crippen molar-refractivity contribution in [3.05, 3.63) is 29.3 Å². The Labute approximate surface area is 158 Å². The van der Waals surface area contributed by atoms with Gasteiger partial charge in [0.05, 0.1) is 6.54 Å². The number of piperidine rings is 1. The van der Waals surface area contributed by atoms with E-state index in [1.165, 1.54) is 11.1 Å². The summed E-state index contributed by atoms with van der Waals surface area (Å²) in [5, 5.41) is 6.72. The van der Waals surface area contributed by atoms with Crippen molar-refractivity contribution in [2.75, 3.05) is 31.5 Å². The van der Waals surface area contributed by atoms with Crippen LogP contribution >= 0.6 is 24.8 Å². The molecule has 1 aliphatic rings. The van der Waals surface area contributed by atoms with E-state index in [0.717, 1.165) is 44.6 Å². The van der Waals surface area contributed by atoms with Gasteiger partial charge in [0.1, 0.15) is 0 Å². The molecule has 1 saturated heterocycles. The van der Waals surface area contributed by atoms with Crippen molar-refractivity contribution < 1.29 is 4.79 Å². The van der Waals surface area contributed by atoms with Gasteiger partial charge in [0.2, 0.25) is 5.91 Å². The summed E-state index contributed by atoms with van der Waals surface area (Å²) < 4.78 is 0. The quantitative estimate of drug-likeness (QED) is 0.798. The smallest absolute Gasteiger partial charge is 0.242 e. The number of carbonyl (C=O) groups excluding carboxylic acids is 1. The maximum atomic E-state index is 12.7. The fourth-order valence-electron chi connectivity index (χ4n) is 3.23. The lowest BCUT2D eigenvalue weighted by Gasteiger charge is -2.35. The number of aryl methyl sites for hydroxylation is 2. The molecule has 0 saturated carbocycles. The summed E-state index contributed by atoms with van der Waals surface area (Å²) in [6.45, 7) is 9.58. The van der Waals surface area contributed by atoms with Crippen LogP contribution in [0.15, 0.2) is 18.2 Å². The number of amides is 1. The van der Waals surface area contributed by atoms with Crippen molar-refractivity contribution in [2.24, 2.45) is 0 Å². The van der Waals surface area contributed by atoms with E-state index in [9.17, 15) is 4.79 Å². The fraction of sp³-hybridized carbons (Fsp3) is 0.611. The molecule has 1 amide bonds. The van der Waals surface area contributed by atoms with Gasteiger partial charge in [-0.05, 0) is 57.3 Å². The SMILES string of the molecule is CCCN(C(=O)CNc1c(C)cccc1C)C1CCNCC1.Cl.Cl. The van der Waals surface area contributed by atoms with Gasteiger partial charge in [0.15, 0.2) is 0 Å². The van der Waals surface area contributed by atoms with Gasteiger partial charge in [0.25, 0.3) is 0 Å². The first-order valence-corrected chi connectivity index (χ1v) is 8.43. The van der Waals surface area contributed by atoms with Crippen molar-refractivity contribution in [1.29, 1.82) is 0 Å². The van der Waals surface area contributed by atoms with Crippen LogP contribution in [-0.4, -0.2) is 43.0 Å². The van der Waals surface area contributed by atoms with E-state index in [0.29, 0.717) is 12.6 Å². The Balaban J connectivity index is 0.00000264. The van der Waals surface area contributed by atoms with Crippen LogP contribution in [0.25, 0.3) is 0 Å². The largest absolute Gasteiger partial charge is 0.376 e. The van der Waals surface area contributed by atoms with Gasteiger partial charge in [0, 0.05) is 18.3 Å². The third kappa shape index (κ3) is 6.15. The maximum absolute atomic E-state index is 12.7. The van der Waals surface area contributed by atoms with E-state index in [2.05, 4.69) is 54.5 Å². The predicted molar refractivity (Wildman–Crippen MR) is 107 cm³/mol. The molecular weight excluding hydrogens is 345 g/mol. The minimum Gasteiger partial charge on any atom is -0.376 e. The first kappa shape index (κ1) is 23.0. The Hall–Kier alpha value is -0.970. The highest BCUT2D eigenvalue weighted by Crippen LogP contribution is 2.19. The topological polar surface area (TPSA) is 44.4 Å². The number of para-hydroxylation sites is 1. The van der Waals surface area contributed by atoms with Gasteiger partial charge >= 0.3 is 0 Å². The van der Waals surface area contributed by atoms with Gasteiger partial charge in [-0.2, -0.15) is 0 Å². The number of benzene rings is 1. The van der Waals surface area contributed by atoms with E-state index in [4.69, 9.17) is 0 Å². The van der Waals surface area contributed by atoms with Gasteiger partial charge in [-0.1, -0.05) is 25.1 Å². The van der Waals surface area contributed by atoms with Crippen LogP contribution in [-0.2, 0) is 4.79 Å². The molecule has 0 atom stereocenters. The van der Waals surface area contributed by atoms with Crippen LogP contribution in [0.1, 0.15) is 37.3 Å². The molecule has 0 radical (unpaired) electrons. The van der Waals surface area contributed by atoms with Gasteiger partial charge in [-0.3, -0.25) is 4.79 Å². The minimum atomic E-state index is 0. The zero-order valence-electron chi connectivity index (χ0n) is 14.9. The van der Waals surface area contributed by atoms with Gasteiger partial charge in [-0.15, -0.1) is 24.8 Å². The maximum Gasteiger partial charge on any atom is 0.242 e. The Morgan fingerprint density at radius 1 is 1.21 bits per heavy atom. The highest BCUT2D eigenvalue weighted by molar-refractivity contribution is 5.85. The van der Waals surface area contributed by atoms with Crippen LogP contribution in [0, 0.1) is 13.8 Å². The third-order valence-corrected chi connectivity index (χ3v) is 4.43. The Morgan fingerprint density at radius 2 is 1.79 bits per heavy atom. The summed E-state index contributed by atoms with van der Waals surface area (Å²) in [4.78, 5) is 14.8. The zero-order valence-corrected chi connectivity index (χ0v) is 16.6. The molecule has 2 rings (SSSR count). The molecular formula is C18H31Cl2N3O. The number of nitrogens with one attached hydrogen (secondary N) is 2. The highest BCUT2D eigenvalue weighted by atomic mass is 35.5. The second-order valence-corrected chi connectivity index (χ2v) is 6.19. The molecule has 6 heteroatoms. The molecule has 2 N–H and O–H groups in total. The molecule has 1 heterocycles. The summed E-state index contributed by atoms with van der Waals surface area (Å²) in [5.74, 6) is 0.219. The van der Waals surface area contributed by atoms with Crippen LogP contribution in [0.4, 0.5) is 5.69 Å². The summed E-state index contributed by atoms with van der Waals surface area (Å²) in [6, 6.07) is 6.61. The number of halogens is 2. The molecule has 1 aromatic carbocycles. The molecule has 0 aromatic heterocycles. The fourth-order valence-corrected chi connectivity index (χ4v) is 3.23. The summed E-state index contributed by atoms with van der Waals surface area (Å²) in [6.07, 6.45) is 3.14. The molecule has 0 spiro atoms. The van der Waals surface area contributed by atoms with E-state index >= 15 is 0 Å². The molecule has 0 bridgehead atoms. The number of rotatable bonds is 6. The zero-order chi connectivity index (χ0) is 15.9. The van der Waals surface area contributed by atoms with Crippen molar-refractivity contribution in [3.8, 4) is 0 Å². The van der Waals surface area contributed by atoms with Crippen LogP contribution in [0.3, 0.4) is 0 Å². The molecule has 1 aromatic rings. The Morgan fingerprint density at radius 3 is 2.33 bits per heavy atom. The number of hydrogen-bond donors (Lipinski definition) is 2. The lowest BCUT2D eigenvalue weighted by molar-refractivity contribution is -0.132. The molecule has 1 aliphatic heterocycles. The molecule has 24 heavy (non-hydrogen) atoms. The number of anilines is 1. The van der Waals surface area contributed by atoms with E-state index in [-0.39, 0.29) is 30.7 Å². The third-order valence-electron chi connectivity index (χ3n) is 4.43. The second-order valence-electron chi connectivity index (χ2n) is 6.19. The lowest BCUT2D eigenvalue weighted by atomic mass is 10.0. The van der Waals surface area contributed by atoms with Crippen molar-refractivity contribution >= 4 is 36.4 Å². The molecule has 4 nitrogen and oxygen atoms in total. The summed E-state index contributed by atoms with van der Waals surface area (Å²) >= 11 is 0. The van der Waals surface area contributed by atoms with E-state index in [1.807, 2.05) is 0 Å². The average molecular weight is 376 g/mol. The normalized spacial score (nSPS) is 14.3. The van der Waals surface area contributed by atoms with Crippen molar-refractivity contribution in [2.45, 2.75) is 46.1 Å². The monoisotopic (exact) mass is 375 g/mol. The first-order chi connectivity index (χ1) is 10.6. The van der Waals surface area contributed by atoms with Crippen LogP contribution in [0.2, 0.25) is 0 Å². The van der Waals surface area contributed by atoms with Crippen molar-refractivity contribution in [1.82, 2.24) is 10.2 Å². The van der Waals surface area contributed by atoms with Crippen LogP contribution in [0.5, 0.6) is 0 Å². The lowest BCUT2D eigenvalue weighted by Crippen LogP contribution is -2.48. The molecule has 1 fully saturated rings. The second kappa shape index (κ2) is 11.6.